The van der Waals surface area contributed by atoms with Crippen molar-refractivity contribution in [3.63, 3.8) is 0 Å². The van der Waals surface area contributed by atoms with Crippen molar-refractivity contribution < 1.29 is 4.79 Å². The Morgan fingerprint density at radius 2 is 2.05 bits per heavy atom. The van der Waals surface area contributed by atoms with E-state index in [1.807, 2.05) is 24.3 Å². The molecule has 6 nitrogen and oxygen atoms in total. The molecule has 1 heterocycles. The SMILES string of the molecule is NCc1ccc(NC(=O)CCCn2cccnc2=O)cc1. The van der Waals surface area contributed by atoms with Crippen LogP contribution in [0.1, 0.15) is 18.4 Å². The highest BCUT2D eigenvalue weighted by atomic mass is 16.2. The van der Waals surface area contributed by atoms with Gasteiger partial charge in [0.2, 0.25) is 5.91 Å². The van der Waals surface area contributed by atoms with Crippen molar-refractivity contribution in [3.8, 4) is 0 Å². The molecule has 0 atom stereocenters. The molecule has 21 heavy (non-hydrogen) atoms. The predicted octanol–water partition coefficient (Wildman–Crippen LogP) is 1.12. The molecule has 2 aromatic rings. The average Bonchev–Trinajstić information content (AvgIpc) is 2.50. The van der Waals surface area contributed by atoms with Crippen LogP contribution in [-0.4, -0.2) is 15.5 Å². The van der Waals surface area contributed by atoms with Crippen molar-refractivity contribution in [1.82, 2.24) is 9.55 Å². The van der Waals surface area contributed by atoms with Crippen molar-refractivity contribution in [1.29, 1.82) is 0 Å². The van der Waals surface area contributed by atoms with Gasteiger partial charge in [-0.25, -0.2) is 9.78 Å². The number of hydrogen-bond acceptors (Lipinski definition) is 4. The van der Waals surface area contributed by atoms with Crippen molar-refractivity contribution in [2.75, 3.05) is 5.32 Å². The van der Waals surface area contributed by atoms with Gasteiger partial charge in [-0.1, -0.05) is 12.1 Å². The molecule has 0 spiro atoms. The molecule has 0 aliphatic rings. The molecule has 2 rings (SSSR count). The molecule has 0 aliphatic carbocycles. The lowest BCUT2D eigenvalue weighted by atomic mass is 10.2. The topological polar surface area (TPSA) is 90.0 Å². The van der Waals surface area contributed by atoms with Gasteiger partial charge in [0, 0.05) is 37.6 Å². The first-order valence-electron chi connectivity index (χ1n) is 6.79. The maximum atomic E-state index is 11.8. The fourth-order valence-corrected chi connectivity index (χ4v) is 1.91. The van der Waals surface area contributed by atoms with Gasteiger partial charge in [0.05, 0.1) is 0 Å². The Bertz CT molecular complexity index is 649. The lowest BCUT2D eigenvalue weighted by Crippen LogP contribution is -2.22. The number of hydrogen-bond donors (Lipinski definition) is 2. The summed E-state index contributed by atoms with van der Waals surface area (Å²) in [5.74, 6) is -0.0764. The van der Waals surface area contributed by atoms with Crippen LogP contribution in [0.15, 0.2) is 47.5 Å². The Labute approximate surface area is 122 Å². The fourth-order valence-electron chi connectivity index (χ4n) is 1.91. The fraction of sp³-hybridized carbons (Fsp3) is 0.267. The number of carbonyl (C=O) groups excluding carboxylic acids is 1. The number of amides is 1. The van der Waals surface area contributed by atoms with Crippen LogP contribution in [-0.2, 0) is 17.9 Å². The standard InChI is InChI=1S/C15H18N4O2/c16-11-12-4-6-13(7-5-12)18-14(20)3-1-9-19-10-2-8-17-15(19)21/h2,4-8,10H,1,3,9,11,16H2,(H,18,20). The number of anilines is 1. The lowest BCUT2D eigenvalue weighted by molar-refractivity contribution is -0.116. The van der Waals surface area contributed by atoms with E-state index in [1.165, 1.54) is 10.8 Å². The third-order valence-corrected chi connectivity index (χ3v) is 3.06. The molecule has 110 valence electrons. The summed E-state index contributed by atoms with van der Waals surface area (Å²) in [6.07, 6.45) is 4.05. The Morgan fingerprint density at radius 1 is 1.29 bits per heavy atom. The molecule has 0 bridgehead atoms. The second-order valence-corrected chi connectivity index (χ2v) is 4.65. The molecule has 0 saturated carbocycles. The van der Waals surface area contributed by atoms with Crippen LogP contribution in [0, 0.1) is 0 Å². The number of nitrogens with two attached hydrogens (primary N) is 1. The lowest BCUT2D eigenvalue weighted by Gasteiger charge is -2.07. The highest BCUT2D eigenvalue weighted by molar-refractivity contribution is 5.90. The van der Waals surface area contributed by atoms with Gasteiger partial charge in [0.15, 0.2) is 0 Å². The third kappa shape index (κ3) is 4.54. The molecule has 1 aromatic heterocycles. The van der Waals surface area contributed by atoms with Crippen molar-refractivity contribution in [2.45, 2.75) is 25.9 Å². The van der Waals surface area contributed by atoms with Crippen LogP contribution in [0.3, 0.4) is 0 Å². The smallest absolute Gasteiger partial charge is 0.326 e. The number of carbonyl (C=O) groups is 1. The summed E-state index contributed by atoms with van der Waals surface area (Å²) in [6, 6.07) is 9.10. The predicted molar refractivity (Wildman–Crippen MR) is 80.7 cm³/mol. The Kier molecular flexibility index (Phi) is 5.22. The van der Waals surface area contributed by atoms with Crippen LogP contribution in [0.4, 0.5) is 5.69 Å². The van der Waals surface area contributed by atoms with E-state index in [0.29, 0.717) is 25.9 Å². The van der Waals surface area contributed by atoms with Crippen LogP contribution in [0.25, 0.3) is 0 Å². The molecule has 1 amide bonds. The highest BCUT2D eigenvalue weighted by Crippen LogP contribution is 2.09. The summed E-state index contributed by atoms with van der Waals surface area (Å²) in [5, 5.41) is 2.81. The molecule has 0 unspecified atom stereocenters. The quantitative estimate of drug-likeness (QED) is 0.832. The Balaban J connectivity index is 1.79. The zero-order chi connectivity index (χ0) is 15.1. The van der Waals surface area contributed by atoms with E-state index in [9.17, 15) is 9.59 Å². The first kappa shape index (κ1) is 14.9. The maximum Gasteiger partial charge on any atom is 0.347 e. The van der Waals surface area contributed by atoms with Crippen molar-refractivity contribution in [3.05, 3.63) is 58.8 Å². The van der Waals surface area contributed by atoms with E-state index in [1.54, 1.807) is 12.3 Å². The first-order valence-corrected chi connectivity index (χ1v) is 6.79. The minimum atomic E-state index is -0.296. The molecular formula is C15H18N4O2. The van der Waals surface area contributed by atoms with E-state index >= 15 is 0 Å². The van der Waals surface area contributed by atoms with Crippen molar-refractivity contribution >= 4 is 11.6 Å². The first-order chi connectivity index (χ1) is 10.2. The third-order valence-electron chi connectivity index (χ3n) is 3.06. The zero-order valence-electron chi connectivity index (χ0n) is 11.7. The van der Waals surface area contributed by atoms with Gasteiger partial charge in [-0.15, -0.1) is 0 Å². The monoisotopic (exact) mass is 286 g/mol. The van der Waals surface area contributed by atoms with Gasteiger partial charge in [-0.2, -0.15) is 0 Å². The van der Waals surface area contributed by atoms with E-state index in [4.69, 9.17) is 5.73 Å². The summed E-state index contributed by atoms with van der Waals surface area (Å²) in [7, 11) is 0. The van der Waals surface area contributed by atoms with E-state index in [2.05, 4.69) is 10.3 Å². The molecule has 3 N–H and O–H groups in total. The molecule has 0 fully saturated rings. The van der Waals surface area contributed by atoms with Crippen molar-refractivity contribution in [2.24, 2.45) is 5.73 Å². The second kappa shape index (κ2) is 7.35. The van der Waals surface area contributed by atoms with Crippen LogP contribution in [0.5, 0.6) is 0 Å². The number of aryl methyl sites for hydroxylation is 1. The Morgan fingerprint density at radius 3 is 2.71 bits per heavy atom. The minimum Gasteiger partial charge on any atom is -0.326 e. The van der Waals surface area contributed by atoms with E-state index < -0.39 is 0 Å². The zero-order valence-corrected chi connectivity index (χ0v) is 11.7. The number of nitrogens with one attached hydrogen (secondary N) is 1. The van der Waals surface area contributed by atoms with Crippen LogP contribution < -0.4 is 16.7 Å². The summed E-state index contributed by atoms with van der Waals surface area (Å²) >= 11 is 0. The van der Waals surface area contributed by atoms with Gasteiger partial charge < -0.3 is 11.1 Å². The number of rotatable bonds is 6. The average molecular weight is 286 g/mol. The van der Waals surface area contributed by atoms with Gasteiger partial charge in [-0.3, -0.25) is 9.36 Å². The van der Waals surface area contributed by atoms with Crippen LogP contribution >= 0.6 is 0 Å². The summed E-state index contributed by atoms with van der Waals surface area (Å²) in [4.78, 5) is 26.8. The van der Waals surface area contributed by atoms with E-state index in [-0.39, 0.29) is 11.6 Å². The molecule has 0 aliphatic heterocycles. The highest BCUT2D eigenvalue weighted by Gasteiger charge is 2.03. The summed E-state index contributed by atoms with van der Waals surface area (Å²) < 4.78 is 1.49. The summed E-state index contributed by atoms with van der Waals surface area (Å²) in [5.41, 5.74) is 6.98. The molecular weight excluding hydrogens is 268 g/mol. The normalized spacial score (nSPS) is 10.3. The number of nitrogens with zero attached hydrogens (tertiary/aromatic N) is 2. The molecule has 6 heteroatoms. The molecule has 0 radical (unpaired) electrons. The van der Waals surface area contributed by atoms with Gasteiger partial charge >= 0.3 is 5.69 Å². The maximum absolute atomic E-state index is 11.8. The van der Waals surface area contributed by atoms with Gasteiger partial charge in [0.25, 0.3) is 0 Å². The summed E-state index contributed by atoms with van der Waals surface area (Å²) in [6.45, 7) is 0.959. The largest absolute Gasteiger partial charge is 0.347 e. The number of benzene rings is 1. The number of aromatic nitrogens is 2. The van der Waals surface area contributed by atoms with Gasteiger partial charge in [-0.05, 0) is 30.2 Å². The molecule has 1 aromatic carbocycles. The van der Waals surface area contributed by atoms with Gasteiger partial charge in [0.1, 0.15) is 0 Å². The molecule has 0 saturated heterocycles. The Hall–Kier alpha value is -2.47. The van der Waals surface area contributed by atoms with E-state index in [0.717, 1.165) is 11.3 Å². The minimum absolute atomic E-state index is 0.0764. The second-order valence-electron chi connectivity index (χ2n) is 4.65. The van der Waals surface area contributed by atoms with Crippen LogP contribution in [0.2, 0.25) is 0 Å².